The first-order valence-corrected chi connectivity index (χ1v) is 11.8. The van der Waals surface area contributed by atoms with Crippen LogP contribution in [0.15, 0.2) is 51.0 Å². The third-order valence-corrected chi connectivity index (χ3v) is 7.42. The zero-order valence-corrected chi connectivity index (χ0v) is 19.3. The zero-order chi connectivity index (χ0) is 23.9. The average molecular weight is 473 g/mol. The van der Waals surface area contributed by atoms with E-state index in [1.54, 1.807) is 25.1 Å². The summed E-state index contributed by atoms with van der Waals surface area (Å²) in [6.45, 7) is 3.59. The summed E-state index contributed by atoms with van der Waals surface area (Å²) in [4.78, 5) is 46.7. The number of piperazine rings is 1. The van der Waals surface area contributed by atoms with Crippen molar-refractivity contribution in [1.29, 1.82) is 0 Å². The maximum Gasteiger partial charge on any atom is 0.317 e. The molecule has 0 atom stereocenters. The number of aromatic nitrogens is 3. The van der Waals surface area contributed by atoms with Crippen molar-refractivity contribution in [2.75, 3.05) is 45.2 Å². The number of anilines is 1. The highest BCUT2D eigenvalue weighted by Crippen LogP contribution is 2.32. The molecule has 0 radical (unpaired) electrons. The van der Waals surface area contributed by atoms with Crippen LogP contribution in [-0.2, 0) is 19.4 Å². The summed E-state index contributed by atoms with van der Waals surface area (Å²) >= 11 is 0. The lowest BCUT2D eigenvalue weighted by Crippen LogP contribution is -2.52. The van der Waals surface area contributed by atoms with Crippen LogP contribution in [0.5, 0.6) is 0 Å². The third kappa shape index (κ3) is 4.02. The Morgan fingerprint density at radius 2 is 1.73 bits per heavy atom. The van der Waals surface area contributed by atoms with Gasteiger partial charge < -0.3 is 9.80 Å². The van der Waals surface area contributed by atoms with Crippen molar-refractivity contribution in [3.8, 4) is 0 Å². The number of rotatable bonds is 3. The van der Waals surface area contributed by atoms with E-state index < -0.39 is 27.2 Å². The lowest BCUT2D eigenvalue weighted by Gasteiger charge is -2.32. The number of hydrogen-bond donors (Lipinski definition) is 1. The monoisotopic (exact) mass is 472 g/mol. The summed E-state index contributed by atoms with van der Waals surface area (Å²) in [6.07, 6.45) is 0. The van der Waals surface area contributed by atoms with E-state index in [1.807, 2.05) is 11.9 Å². The molecule has 3 aromatic rings. The van der Waals surface area contributed by atoms with Crippen LogP contribution in [0.4, 0.5) is 5.82 Å². The van der Waals surface area contributed by atoms with Crippen molar-refractivity contribution in [1.82, 2.24) is 24.4 Å². The molecule has 1 fully saturated rings. The van der Waals surface area contributed by atoms with Gasteiger partial charge in [0.1, 0.15) is 0 Å². The fraction of sp³-hybridized carbons (Fsp3) is 0.333. The van der Waals surface area contributed by atoms with Crippen LogP contribution in [0.3, 0.4) is 0 Å². The van der Waals surface area contributed by atoms with Crippen molar-refractivity contribution >= 4 is 33.1 Å². The molecule has 2 aromatic heterocycles. The first-order valence-electron chi connectivity index (χ1n) is 10.3. The topological polar surface area (TPSA) is 128 Å². The molecule has 0 unspecified atom stereocenters. The number of nitrogens with zero attached hydrogens (tertiary/aromatic N) is 5. The van der Waals surface area contributed by atoms with Gasteiger partial charge in [-0.2, -0.15) is 4.52 Å². The molecule has 0 spiro atoms. The number of likely N-dealkylation sites (N-methyl/N-ethyl adjacent to an activating group) is 2. The van der Waals surface area contributed by atoms with Gasteiger partial charge in [0.2, 0.25) is 9.84 Å². The molecular formula is C21H24N6O5S. The van der Waals surface area contributed by atoms with Crippen molar-refractivity contribution in [2.45, 2.75) is 16.7 Å². The fourth-order valence-electron chi connectivity index (χ4n) is 3.70. The van der Waals surface area contributed by atoms with Gasteiger partial charge in [0.25, 0.3) is 5.56 Å². The Bertz CT molecular complexity index is 1390. The van der Waals surface area contributed by atoms with Gasteiger partial charge in [-0.1, -0.05) is 18.2 Å². The fourth-order valence-corrected chi connectivity index (χ4v) is 5.27. The minimum atomic E-state index is -4.20. The minimum Gasteiger partial charge on any atom is -0.332 e. The molecule has 4 rings (SSSR count). The largest absolute Gasteiger partial charge is 0.332 e. The number of carbonyl (C=O) groups is 2. The summed E-state index contributed by atoms with van der Waals surface area (Å²) in [5.74, 6) is -1.87. The second-order valence-corrected chi connectivity index (χ2v) is 9.85. The summed E-state index contributed by atoms with van der Waals surface area (Å²) in [7, 11) is -0.983. The molecule has 1 aliphatic heterocycles. The van der Waals surface area contributed by atoms with Gasteiger partial charge in [-0.15, -0.1) is 0 Å². The molecule has 0 bridgehead atoms. The summed E-state index contributed by atoms with van der Waals surface area (Å²) < 4.78 is 28.1. The summed E-state index contributed by atoms with van der Waals surface area (Å²) in [5.41, 5.74) is -0.373. The number of aromatic amines is 1. The molecule has 1 N–H and O–H groups in total. The molecule has 0 aliphatic carbocycles. The highest BCUT2D eigenvalue weighted by atomic mass is 32.2. The quantitative estimate of drug-likeness (QED) is 0.527. The number of nitrogens with one attached hydrogen (secondary N) is 1. The van der Waals surface area contributed by atoms with Gasteiger partial charge in [0, 0.05) is 45.0 Å². The highest BCUT2D eigenvalue weighted by molar-refractivity contribution is 7.91. The van der Waals surface area contributed by atoms with Crippen LogP contribution < -0.4 is 10.5 Å². The number of benzene rings is 1. The van der Waals surface area contributed by atoms with Crippen LogP contribution in [0.1, 0.15) is 5.69 Å². The van der Waals surface area contributed by atoms with E-state index in [-0.39, 0.29) is 21.3 Å². The molecule has 11 nitrogen and oxygen atoms in total. The van der Waals surface area contributed by atoms with Crippen molar-refractivity contribution in [3.05, 3.63) is 52.4 Å². The van der Waals surface area contributed by atoms with Gasteiger partial charge in [-0.3, -0.25) is 24.4 Å². The summed E-state index contributed by atoms with van der Waals surface area (Å²) in [5, 5.41) is 2.67. The molecule has 2 amide bonds. The molecular weight excluding hydrogens is 448 g/mol. The molecule has 1 aliphatic rings. The van der Waals surface area contributed by atoms with Crippen molar-refractivity contribution < 1.29 is 18.0 Å². The number of hydrogen-bond acceptors (Lipinski definition) is 7. The van der Waals surface area contributed by atoms with Crippen molar-refractivity contribution in [3.63, 3.8) is 0 Å². The van der Waals surface area contributed by atoms with Gasteiger partial charge in [0.05, 0.1) is 4.90 Å². The molecule has 1 aromatic carbocycles. The second-order valence-electron chi connectivity index (χ2n) is 7.96. The average Bonchev–Trinajstić information content (AvgIpc) is 3.19. The Morgan fingerprint density at radius 3 is 2.36 bits per heavy atom. The SMILES string of the molecule is Cc1cc(=O)n2[nH]c(N(C)C(=O)C(=O)N3CCN(C)CC3)c(S(=O)(=O)c3ccccc3)c2n1. The minimum absolute atomic E-state index is 0.0326. The summed E-state index contributed by atoms with van der Waals surface area (Å²) in [6, 6.07) is 8.87. The van der Waals surface area contributed by atoms with Gasteiger partial charge >= 0.3 is 11.8 Å². The molecule has 1 saturated heterocycles. The van der Waals surface area contributed by atoms with Crippen LogP contribution in [0, 0.1) is 6.92 Å². The molecule has 12 heteroatoms. The highest BCUT2D eigenvalue weighted by Gasteiger charge is 2.35. The Labute approximate surface area is 190 Å². The number of fused-ring (bicyclic) bond motifs is 1. The first kappa shape index (κ1) is 22.7. The van der Waals surface area contributed by atoms with Crippen LogP contribution in [-0.4, -0.2) is 84.9 Å². The van der Waals surface area contributed by atoms with E-state index in [0.717, 1.165) is 9.42 Å². The van der Waals surface area contributed by atoms with Crippen LogP contribution in [0.25, 0.3) is 5.65 Å². The first-order chi connectivity index (χ1) is 15.6. The van der Waals surface area contributed by atoms with Gasteiger partial charge in [-0.25, -0.2) is 13.4 Å². The second kappa shape index (κ2) is 8.45. The van der Waals surface area contributed by atoms with Crippen LogP contribution >= 0.6 is 0 Å². The molecule has 3 heterocycles. The van der Waals surface area contributed by atoms with E-state index in [1.165, 1.54) is 30.1 Å². The Hall–Kier alpha value is -3.51. The normalized spacial score (nSPS) is 15.1. The van der Waals surface area contributed by atoms with E-state index in [0.29, 0.717) is 31.9 Å². The molecule has 0 saturated carbocycles. The molecule has 174 valence electrons. The zero-order valence-electron chi connectivity index (χ0n) is 18.5. The predicted molar refractivity (Wildman–Crippen MR) is 120 cm³/mol. The maximum atomic E-state index is 13.6. The van der Waals surface area contributed by atoms with E-state index in [4.69, 9.17) is 0 Å². The lowest BCUT2D eigenvalue weighted by atomic mass is 10.3. The number of amides is 2. The van der Waals surface area contributed by atoms with E-state index in [9.17, 15) is 22.8 Å². The number of carbonyl (C=O) groups excluding carboxylic acids is 2. The lowest BCUT2D eigenvalue weighted by molar-refractivity contribution is -0.145. The molecule has 33 heavy (non-hydrogen) atoms. The third-order valence-electron chi connectivity index (χ3n) is 5.62. The smallest absolute Gasteiger partial charge is 0.317 e. The standard InChI is InChI=1S/C21H24N6O5S/c1-14-13-16(28)27-18(22-14)17(33(31,32)15-7-5-4-6-8-15)19(23-27)25(3)20(29)21(30)26-11-9-24(2)10-12-26/h4-8,13,23H,9-12H2,1-3H3. The Balaban J connectivity index is 1.84. The van der Waals surface area contributed by atoms with Crippen LogP contribution in [0.2, 0.25) is 0 Å². The number of H-pyrrole nitrogens is 1. The van der Waals surface area contributed by atoms with E-state index in [2.05, 4.69) is 10.1 Å². The number of sulfone groups is 1. The van der Waals surface area contributed by atoms with Gasteiger partial charge in [0.15, 0.2) is 16.4 Å². The van der Waals surface area contributed by atoms with Crippen molar-refractivity contribution in [2.24, 2.45) is 0 Å². The van der Waals surface area contributed by atoms with E-state index >= 15 is 0 Å². The maximum absolute atomic E-state index is 13.6. The predicted octanol–water partition coefficient (Wildman–Crippen LogP) is -0.0994. The Morgan fingerprint density at radius 1 is 1.09 bits per heavy atom. The Kier molecular flexibility index (Phi) is 5.80. The van der Waals surface area contributed by atoms with Gasteiger partial charge in [-0.05, 0) is 26.1 Å². The number of aryl methyl sites for hydroxylation is 1.